The number of benzene rings is 2. The molecule has 0 saturated carbocycles. The van der Waals surface area contributed by atoms with E-state index in [9.17, 15) is 17.6 Å². The summed E-state index contributed by atoms with van der Waals surface area (Å²) in [5.74, 6) is -0.707. The summed E-state index contributed by atoms with van der Waals surface area (Å²) in [6.45, 7) is 2.47. The molecule has 0 aliphatic rings. The van der Waals surface area contributed by atoms with Crippen LogP contribution in [0.15, 0.2) is 53.4 Å². The molecule has 0 aliphatic heterocycles. The van der Waals surface area contributed by atoms with Gasteiger partial charge in [0.2, 0.25) is 10.0 Å². The molecule has 0 aromatic heterocycles. The second-order valence-corrected chi connectivity index (χ2v) is 7.32. The largest absolute Gasteiger partial charge is 0.352 e. The molecule has 0 saturated heterocycles. The SMILES string of the molecule is CCCCNC(=O)c1ccc(S(=O)(=O)NCc2ccccc2F)cc1. The highest BCUT2D eigenvalue weighted by Crippen LogP contribution is 2.12. The second-order valence-electron chi connectivity index (χ2n) is 5.55. The highest BCUT2D eigenvalue weighted by Gasteiger charge is 2.15. The lowest BCUT2D eigenvalue weighted by Gasteiger charge is -2.09. The summed E-state index contributed by atoms with van der Waals surface area (Å²) in [6, 6.07) is 11.6. The van der Waals surface area contributed by atoms with E-state index in [0.29, 0.717) is 12.1 Å². The van der Waals surface area contributed by atoms with E-state index in [0.717, 1.165) is 12.8 Å². The fraction of sp³-hybridized carbons (Fsp3) is 0.278. The van der Waals surface area contributed by atoms with E-state index in [1.165, 1.54) is 42.5 Å². The molecule has 0 heterocycles. The van der Waals surface area contributed by atoms with Crippen LogP contribution in [-0.4, -0.2) is 20.9 Å². The van der Waals surface area contributed by atoms with E-state index in [4.69, 9.17) is 0 Å². The molecule has 0 radical (unpaired) electrons. The summed E-state index contributed by atoms with van der Waals surface area (Å²) in [6.07, 6.45) is 1.86. The first kappa shape index (κ1) is 19.1. The third-order valence-electron chi connectivity index (χ3n) is 3.65. The molecule has 0 fully saturated rings. The highest BCUT2D eigenvalue weighted by atomic mass is 32.2. The van der Waals surface area contributed by atoms with Crippen molar-refractivity contribution < 1.29 is 17.6 Å². The molecule has 5 nitrogen and oxygen atoms in total. The summed E-state index contributed by atoms with van der Waals surface area (Å²) in [7, 11) is -3.79. The summed E-state index contributed by atoms with van der Waals surface area (Å²) < 4.78 is 40.5. The maximum Gasteiger partial charge on any atom is 0.251 e. The van der Waals surface area contributed by atoms with Crippen molar-refractivity contribution in [3.8, 4) is 0 Å². The van der Waals surface area contributed by atoms with Crippen molar-refractivity contribution in [1.29, 1.82) is 0 Å². The smallest absolute Gasteiger partial charge is 0.251 e. The molecule has 2 N–H and O–H groups in total. The van der Waals surface area contributed by atoms with Crippen LogP contribution in [0, 0.1) is 5.82 Å². The van der Waals surface area contributed by atoms with Gasteiger partial charge >= 0.3 is 0 Å². The lowest BCUT2D eigenvalue weighted by molar-refractivity contribution is 0.0953. The van der Waals surface area contributed by atoms with Crippen molar-refractivity contribution in [1.82, 2.24) is 10.0 Å². The topological polar surface area (TPSA) is 75.3 Å². The number of halogens is 1. The van der Waals surface area contributed by atoms with Crippen LogP contribution >= 0.6 is 0 Å². The molecule has 134 valence electrons. The van der Waals surface area contributed by atoms with Crippen LogP contribution in [0.4, 0.5) is 4.39 Å². The van der Waals surface area contributed by atoms with Crippen molar-refractivity contribution in [2.75, 3.05) is 6.54 Å². The van der Waals surface area contributed by atoms with Crippen molar-refractivity contribution in [2.45, 2.75) is 31.2 Å². The number of amides is 1. The third-order valence-corrected chi connectivity index (χ3v) is 5.07. The number of hydrogen-bond donors (Lipinski definition) is 2. The fourth-order valence-corrected chi connectivity index (χ4v) is 3.17. The monoisotopic (exact) mass is 364 g/mol. The van der Waals surface area contributed by atoms with E-state index in [-0.39, 0.29) is 22.9 Å². The van der Waals surface area contributed by atoms with Crippen LogP contribution in [0.3, 0.4) is 0 Å². The van der Waals surface area contributed by atoms with Crippen LogP contribution in [-0.2, 0) is 16.6 Å². The van der Waals surface area contributed by atoms with Gasteiger partial charge in [-0.1, -0.05) is 31.5 Å². The quantitative estimate of drug-likeness (QED) is 0.707. The number of rotatable bonds is 8. The summed E-state index contributed by atoms with van der Waals surface area (Å²) in [5.41, 5.74) is 0.655. The maximum atomic E-state index is 13.6. The van der Waals surface area contributed by atoms with Crippen LogP contribution in [0.1, 0.15) is 35.7 Å². The molecule has 7 heteroatoms. The predicted octanol–water partition coefficient (Wildman–Crippen LogP) is 2.83. The van der Waals surface area contributed by atoms with Gasteiger partial charge in [-0.3, -0.25) is 4.79 Å². The zero-order chi connectivity index (χ0) is 18.3. The molecule has 25 heavy (non-hydrogen) atoms. The normalized spacial score (nSPS) is 11.3. The molecule has 0 atom stereocenters. The Morgan fingerprint density at radius 2 is 1.76 bits per heavy atom. The predicted molar refractivity (Wildman–Crippen MR) is 94.1 cm³/mol. The Bertz CT molecular complexity index is 820. The Morgan fingerprint density at radius 3 is 2.40 bits per heavy atom. The fourth-order valence-electron chi connectivity index (χ4n) is 2.16. The molecule has 0 unspecified atom stereocenters. The lowest BCUT2D eigenvalue weighted by Crippen LogP contribution is -2.25. The van der Waals surface area contributed by atoms with Crippen LogP contribution < -0.4 is 10.0 Å². The van der Waals surface area contributed by atoms with Gasteiger partial charge in [0.25, 0.3) is 5.91 Å². The van der Waals surface area contributed by atoms with Crippen molar-refractivity contribution in [3.05, 3.63) is 65.5 Å². The molecule has 2 aromatic rings. The molecule has 1 amide bonds. The van der Waals surface area contributed by atoms with E-state index < -0.39 is 15.8 Å². The molecule has 0 bridgehead atoms. The number of unbranched alkanes of at least 4 members (excludes halogenated alkanes) is 1. The van der Waals surface area contributed by atoms with Crippen molar-refractivity contribution in [3.63, 3.8) is 0 Å². The average Bonchev–Trinajstić information content (AvgIpc) is 2.61. The van der Waals surface area contributed by atoms with Gasteiger partial charge in [-0.15, -0.1) is 0 Å². The Hall–Kier alpha value is -2.25. The number of sulfonamides is 1. The van der Waals surface area contributed by atoms with Crippen LogP contribution in [0.5, 0.6) is 0 Å². The molecular weight excluding hydrogens is 343 g/mol. The molecule has 0 aliphatic carbocycles. The Labute approximate surface area is 147 Å². The first-order chi connectivity index (χ1) is 11.9. The highest BCUT2D eigenvalue weighted by molar-refractivity contribution is 7.89. The minimum atomic E-state index is -3.79. The first-order valence-corrected chi connectivity index (χ1v) is 9.53. The van der Waals surface area contributed by atoms with Crippen LogP contribution in [0.25, 0.3) is 0 Å². The van der Waals surface area contributed by atoms with Crippen LogP contribution in [0.2, 0.25) is 0 Å². The van der Waals surface area contributed by atoms with E-state index in [1.54, 1.807) is 6.07 Å². The van der Waals surface area contributed by atoms with E-state index in [1.807, 2.05) is 6.92 Å². The van der Waals surface area contributed by atoms with Gasteiger partial charge in [0.1, 0.15) is 5.82 Å². The number of hydrogen-bond acceptors (Lipinski definition) is 3. The minimum Gasteiger partial charge on any atom is -0.352 e. The second kappa shape index (κ2) is 8.73. The zero-order valence-corrected chi connectivity index (χ0v) is 14.8. The van der Waals surface area contributed by atoms with E-state index >= 15 is 0 Å². The Morgan fingerprint density at radius 1 is 1.08 bits per heavy atom. The molecule has 0 spiro atoms. The lowest BCUT2D eigenvalue weighted by atomic mass is 10.2. The molecular formula is C18H21FN2O3S. The molecule has 2 rings (SSSR count). The Kier molecular flexibility index (Phi) is 6.66. The van der Waals surface area contributed by atoms with Gasteiger partial charge in [0.15, 0.2) is 0 Å². The standard InChI is InChI=1S/C18H21FN2O3S/c1-2-3-12-20-18(22)14-8-10-16(11-9-14)25(23,24)21-13-15-6-4-5-7-17(15)19/h4-11,21H,2-3,12-13H2,1H3,(H,20,22). The summed E-state index contributed by atoms with van der Waals surface area (Å²) in [5, 5.41) is 2.77. The Balaban J connectivity index is 2.02. The zero-order valence-electron chi connectivity index (χ0n) is 14.0. The first-order valence-electron chi connectivity index (χ1n) is 8.05. The molecule has 2 aromatic carbocycles. The van der Waals surface area contributed by atoms with Gasteiger partial charge in [-0.2, -0.15) is 0 Å². The van der Waals surface area contributed by atoms with Crippen molar-refractivity contribution >= 4 is 15.9 Å². The maximum absolute atomic E-state index is 13.6. The van der Waals surface area contributed by atoms with Gasteiger partial charge in [0, 0.05) is 24.2 Å². The number of nitrogens with one attached hydrogen (secondary N) is 2. The summed E-state index contributed by atoms with van der Waals surface area (Å²) in [4.78, 5) is 11.9. The minimum absolute atomic E-state index is 0.0222. The summed E-state index contributed by atoms with van der Waals surface area (Å²) >= 11 is 0. The average molecular weight is 364 g/mol. The number of carbonyl (C=O) groups is 1. The van der Waals surface area contributed by atoms with E-state index in [2.05, 4.69) is 10.0 Å². The van der Waals surface area contributed by atoms with Gasteiger partial charge in [-0.05, 0) is 36.8 Å². The van der Waals surface area contributed by atoms with Gasteiger partial charge in [-0.25, -0.2) is 17.5 Å². The van der Waals surface area contributed by atoms with Crippen molar-refractivity contribution in [2.24, 2.45) is 0 Å². The van der Waals surface area contributed by atoms with Gasteiger partial charge in [0.05, 0.1) is 4.90 Å². The number of carbonyl (C=O) groups excluding carboxylic acids is 1. The van der Waals surface area contributed by atoms with Gasteiger partial charge < -0.3 is 5.32 Å². The third kappa shape index (κ3) is 5.37.